The van der Waals surface area contributed by atoms with Crippen LogP contribution in [0, 0.1) is 12.8 Å². The van der Waals surface area contributed by atoms with Crippen molar-refractivity contribution in [3.05, 3.63) is 17.0 Å². The van der Waals surface area contributed by atoms with E-state index in [4.69, 9.17) is 11.6 Å². The van der Waals surface area contributed by atoms with Crippen LogP contribution in [0.2, 0.25) is 5.15 Å². The highest BCUT2D eigenvalue weighted by Gasteiger charge is 2.27. The third-order valence-electron chi connectivity index (χ3n) is 3.88. The summed E-state index contributed by atoms with van der Waals surface area (Å²) in [6.07, 6.45) is 4.42. The van der Waals surface area contributed by atoms with Crippen LogP contribution >= 0.6 is 11.6 Å². The maximum atomic E-state index is 6.05. The average molecular weight is 267 g/mol. The number of anilines is 1. The molecule has 2 fully saturated rings. The Morgan fingerprint density at radius 2 is 1.94 bits per heavy atom. The lowest BCUT2D eigenvalue weighted by atomic mass is 10.2. The van der Waals surface area contributed by atoms with Crippen LogP contribution in [0.25, 0.3) is 0 Å². The molecule has 0 N–H and O–H groups in total. The Labute approximate surface area is 113 Å². The molecular weight excluding hydrogens is 248 g/mol. The number of rotatable bonds is 3. The van der Waals surface area contributed by atoms with Crippen molar-refractivity contribution in [1.29, 1.82) is 0 Å². The van der Waals surface area contributed by atoms with Gasteiger partial charge in [-0.2, -0.15) is 0 Å². The standard InChI is InChI=1S/C13H19ClN4/c1-10-12(14)15-9-16-13(10)18-6-4-17(5-7-18)8-11-2-3-11/h9,11H,2-8H2,1H3. The van der Waals surface area contributed by atoms with E-state index in [9.17, 15) is 0 Å². The second kappa shape index (κ2) is 5.02. The van der Waals surface area contributed by atoms with Crippen molar-refractivity contribution in [3.8, 4) is 0 Å². The first-order valence-electron chi connectivity index (χ1n) is 6.68. The molecule has 98 valence electrons. The highest BCUT2D eigenvalue weighted by atomic mass is 35.5. The number of hydrogen-bond acceptors (Lipinski definition) is 4. The summed E-state index contributed by atoms with van der Waals surface area (Å²) >= 11 is 6.05. The van der Waals surface area contributed by atoms with Crippen LogP contribution in [-0.2, 0) is 0 Å². The second-order valence-corrected chi connectivity index (χ2v) is 5.70. The van der Waals surface area contributed by atoms with E-state index in [0.29, 0.717) is 5.15 Å². The minimum absolute atomic E-state index is 0.570. The van der Waals surface area contributed by atoms with Gasteiger partial charge in [0.15, 0.2) is 0 Å². The molecule has 1 aliphatic heterocycles. The zero-order valence-corrected chi connectivity index (χ0v) is 11.5. The molecule has 1 saturated carbocycles. The monoisotopic (exact) mass is 266 g/mol. The fourth-order valence-electron chi connectivity index (χ4n) is 2.55. The molecule has 4 nitrogen and oxygen atoms in total. The Hall–Kier alpha value is -0.870. The lowest BCUT2D eigenvalue weighted by Crippen LogP contribution is -2.47. The van der Waals surface area contributed by atoms with Crippen LogP contribution in [0.3, 0.4) is 0 Å². The molecule has 0 aromatic carbocycles. The lowest BCUT2D eigenvalue weighted by Gasteiger charge is -2.36. The maximum absolute atomic E-state index is 6.05. The van der Waals surface area contributed by atoms with E-state index >= 15 is 0 Å². The average Bonchev–Trinajstić information content (AvgIpc) is 3.18. The van der Waals surface area contributed by atoms with Gasteiger partial charge in [0.1, 0.15) is 17.3 Å². The predicted octanol–water partition coefficient (Wildman–Crippen LogP) is 1.97. The summed E-state index contributed by atoms with van der Waals surface area (Å²) in [5, 5.41) is 0.570. The van der Waals surface area contributed by atoms with E-state index in [1.54, 1.807) is 6.33 Å². The predicted molar refractivity (Wildman–Crippen MR) is 73.2 cm³/mol. The number of piperazine rings is 1. The number of nitrogens with zero attached hydrogens (tertiary/aromatic N) is 4. The summed E-state index contributed by atoms with van der Waals surface area (Å²) in [5.74, 6) is 1.98. The summed E-state index contributed by atoms with van der Waals surface area (Å²) in [5.41, 5.74) is 0.995. The third kappa shape index (κ3) is 2.59. The van der Waals surface area contributed by atoms with Gasteiger partial charge in [-0.25, -0.2) is 9.97 Å². The van der Waals surface area contributed by atoms with Gasteiger partial charge in [0, 0.05) is 38.3 Å². The highest BCUT2D eigenvalue weighted by molar-refractivity contribution is 6.30. The molecule has 1 aromatic rings. The summed E-state index contributed by atoms with van der Waals surface area (Å²) in [6, 6.07) is 0. The Bertz CT molecular complexity index is 425. The van der Waals surface area contributed by atoms with Crippen LogP contribution in [0.5, 0.6) is 0 Å². The summed E-state index contributed by atoms with van der Waals surface area (Å²) < 4.78 is 0. The highest BCUT2D eigenvalue weighted by Crippen LogP contribution is 2.30. The Balaban J connectivity index is 1.62. The van der Waals surface area contributed by atoms with Gasteiger partial charge in [0.25, 0.3) is 0 Å². The van der Waals surface area contributed by atoms with Crippen molar-refractivity contribution in [1.82, 2.24) is 14.9 Å². The molecule has 2 aliphatic rings. The minimum atomic E-state index is 0.570. The molecule has 2 heterocycles. The molecule has 5 heteroatoms. The first kappa shape index (κ1) is 12.2. The molecule has 1 aromatic heterocycles. The molecule has 0 unspecified atom stereocenters. The zero-order valence-electron chi connectivity index (χ0n) is 10.8. The molecule has 0 bridgehead atoms. The molecule has 0 radical (unpaired) electrons. The first-order chi connectivity index (χ1) is 8.74. The molecule has 0 amide bonds. The van der Waals surface area contributed by atoms with Crippen LogP contribution < -0.4 is 4.90 Å². The van der Waals surface area contributed by atoms with Crippen LogP contribution in [0.4, 0.5) is 5.82 Å². The summed E-state index contributed by atoms with van der Waals surface area (Å²) in [4.78, 5) is 13.3. The van der Waals surface area contributed by atoms with Crippen molar-refractivity contribution < 1.29 is 0 Å². The van der Waals surface area contributed by atoms with Crippen molar-refractivity contribution in [2.45, 2.75) is 19.8 Å². The van der Waals surface area contributed by atoms with Gasteiger partial charge >= 0.3 is 0 Å². The molecule has 0 atom stereocenters. The maximum Gasteiger partial charge on any atom is 0.137 e. The summed E-state index contributed by atoms with van der Waals surface area (Å²) in [7, 11) is 0. The quantitative estimate of drug-likeness (QED) is 0.783. The van der Waals surface area contributed by atoms with Crippen LogP contribution in [-0.4, -0.2) is 47.6 Å². The van der Waals surface area contributed by atoms with Gasteiger partial charge < -0.3 is 4.90 Å². The fourth-order valence-corrected chi connectivity index (χ4v) is 2.67. The van der Waals surface area contributed by atoms with Gasteiger partial charge in [0.05, 0.1) is 0 Å². The van der Waals surface area contributed by atoms with Crippen LogP contribution in [0.15, 0.2) is 6.33 Å². The van der Waals surface area contributed by atoms with E-state index in [1.807, 2.05) is 6.92 Å². The van der Waals surface area contributed by atoms with Crippen molar-refractivity contribution >= 4 is 17.4 Å². The van der Waals surface area contributed by atoms with Crippen molar-refractivity contribution in [2.24, 2.45) is 5.92 Å². The van der Waals surface area contributed by atoms with Gasteiger partial charge in [0.2, 0.25) is 0 Å². The van der Waals surface area contributed by atoms with E-state index in [0.717, 1.165) is 43.5 Å². The molecule has 0 spiro atoms. The molecular formula is C13H19ClN4. The largest absolute Gasteiger partial charge is 0.354 e. The van der Waals surface area contributed by atoms with Gasteiger partial charge in [-0.3, -0.25) is 4.90 Å². The van der Waals surface area contributed by atoms with Gasteiger partial charge in [-0.05, 0) is 25.7 Å². The van der Waals surface area contributed by atoms with Gasteiger partial charge in [-0.15, -0.1) is 0 Å². The zero-order chi connectivity index (χ0) is 12.5. The fraction of sp³-hybridized carbons (Fsp3) is 0.692. The molecule has 1 saturated heterocycles. The van der Waals surface area contributed by atoms with E-state index in [2.05, 4.69) is 19.8 Å². The minimum Gasteiger partial charge on any atom is -0.354 e. The second-order valence-electron chi connectivity index (χ2n) is 5.34. The molecule has 1 aliphatic carbocycles. The van der Waals surface area contributed by atoms with Gasteiger partial charge in [-0.1, -0.05) is 11.6 Å². The Kier molecular flexibility index (Phi) is 3.39. The number of aromatic nitrogens is 2. The number of hydrogen-bond donors (Lipinski definition) is 0. The van der Waals surface area contributed by atoms with E-state index < -0.39 is 0 Å². The smallest absolute Gasteiger partial charge is 0.137 e. The Morgan fingerprint density at radius 3 is 2.61 bits per heavy atom. The summed E-state index contributed by atoms with van der Waals surface area (Å²) in [6.45, 7) is 7.64. The van der Waals surface area contributed by atoms with Crippen molar-refractivity contribution in [2.75, 3.05) is 37.6 Å². The molecule has 18 heavy (non-hydrogen) atoms. The first-order valence-corrected chi connectivity index (χ1v) is 7.06. The van der Waals surface area contributed by atoms with Crippen molar-refractivity contribution in [3.63, 3.8) is 0 Å². The third-order valence-corrected chi connectivity index (χ3v) is 4.26. The topological polar surface area (TPSA) is 32.3 Å². The van der Waals surface area contributed by atoms with Crippen LogP contribution in [0.1, 0.15) is 18.4 Å². The lowest BCUT2D eigenvalue weighted by molar-refractivity contribution is 0.247. The normalized spacial score (nSPS) is 21.3. The SMILES string of the molecule is Cc1c(Cl)ncnc1N1CCN(CC2CC2)CC1. The van der Waals surface area contributed by atoms with E-state index in [1.165, 1.54) is 19.4 Å². The molecule has 3 rings (SSSR count). The number of halogens is 1. The van der Waals surface area contributed by atoms with E-state index in [-0.39, 0.29) is 0 Å². The Morgan fingerprint density at radius 1 is 1.22 bits per heavy atom.